The first-order valence-corrected chi connectivity index (χ1v) is 6.08. The SMILES string of the molecule is Cc1c(Cl)cccc1CC1COCCN1C. The maximum absolute atomic E-state index is 6.12. The van der Waals surface area contributed by atoms with E-state index >= 15 is 0 Å². The third-order valence-corrected chi connectivity index (χ3v) is 3.77. The Morgan fingerprint density at radius 1 is 1.50 bits per heavy atom. The Bertz CT molecular complexity index is 367. The summed E-state index contributed by atoms with van der Waals surface area (Å²) in [5.74, 6) is 0. The molecule has 16 heavy (non-hydrogen) atoms. The number of ether oxygens (including phenoxy) is 1. The Labute approximate surface area is 102 Å². The zero-order chi connectivity index (χ0) is 11.5. The topological polar surface area (TPSA) is 12.5 Å². The van der Waals surface area contributed by atoms with Gasteiger partial charge in [0.25, 0.3) is 0 Å². The van der Waals surface area contributed by atoms with Gasteiger partial charge in [-0.05, 0) is 37.6 Å². The molecule has 1 aliphatic heterocycles. The van der Waals surface area contributed by atoms with Crippen LogP contribution in [-0.4, -0.2) is 37.7 Å². The predicted molar refractivity (Wildman–Crippen MR) is 67.1 cm³/mol. The Balaban J connectivity index is 2.10. The van der Waals surface area contributed by atoms with Crippen molar-refractivity contribution in [1.82, 2.24) is 4.90 Å². The monoisotopic (exact) mass is 239 g/mol. The summed E-state index contributed by atoms with van der Waals surface area (Å²) in [5.41, 5.74) is 2.53. The third kappa shape index (κ3) is 2.57. The molecule has 0 saturated carbocycles. The zero-order valence-electron chi connectivity index (χ0n) is 9.87. The first kappa shape index (κ1) is 11.9. The summed E-state index contributed by atoms with van der Waals surface area (Å²) in [5, 5.41) is 0.858. The van der Waals surface area contributed by atoms with Gasteiger partial charge >= 0.3 is 0 Å². The van der Waals surface area contributed by atoms with Gasteiger partial charge in [-0.3, -0.25) is 4.90 Å². The average Bonchev–Trinajstić information content (AvgIpc) is 2.28. The molecule has 0 bridgehead atoms. The number of morpholine rings is 1. The molecular weight excluding hydrogens is 222 g/mol. The van der Waals surface area contributed by atoms with Crippen LogP contribution in [0.2, 0.25) is 5.02 Å². The summed E-state index contributed by atoms with van der Waals surface area (Å²) >= 11 is 6.12. The third-order valence-electron chi connectivity index (χ3n) is 3.36. The van der Waals surface area contributed by atoms with E-state index in [4.69, 9.17) is 16.3 Å². The molecule has 1 aliphatic rings. The Kier molecular flexibility index (Phi) is 3.85. The second kappa shape index (κ2) is 5.17. The predicted octanol–water partition coefficient (Wildman–Crippen LogP) is 2.52. The molecule has 1 atom stereocenters. The van der Waals surface area contributed by atoms with Gasteiger partial charge in [-0.25, -0.2) is 0 Å². The molecule has 1 aromatic rings. The van der Waals surface area contributed by atoms with Crippen molar-refractivity contribution in [2.75, 3.05) is 26.8 Å². The minimum Gasteiger partial charge on any atom is -0.378 e. The van der Waals surface area contributed by atoms with Crippen molar-refractivity contribution in [3.05, 3.63) is 34.3 Å². The van der Waals surface area contributed by atoms with Crippen molar-refractivity contribution < 1.29 is 4.74 Å². The smallest absolute Gasteiger partial charge is 0.0625 e. The first-order chi connectivity index (χ1) is 7.68. The van der Waals surface area contributed by atoms with Crippen LogP contribution < -0.4 is 0 Å². The summed E-state index contributed by atoms with van der Waals surface area (Å²) in [6.07, 6.45) is 1.02. The van der Waals surface area contributed by atoms with Gasteiger partial charge < -0.3 is 4.74 Å². The van der Waals surface area contributed by atoms with E-state index in [1.807, 2.05) is 12.1 Å². The molecule has 3 heteroatoms. The molecule has 2 rings (SSSR count). The lowest BCUT2D eigenvalue weighted by Crippen LogP contribution is -2.44. The van der Waals surface area contributed by atoms with Gasteiger partial charge in [-0.1, -0.05) is 23.7 Å². The van der Waals surface area contributed by atoms with Crippen molar-refractivity contribution in [3.8, 4) is 0 Å². The highest BCUT2D eigenvalue weighted by Crippen LogP contribution is 2.21. The fourth-order valence-electron chi connectivity index (χ4n) is 2.08. The summed E-state index contributed by atoms with van der Waals surface area (Å²) in [7, 11) is 2.16. The molecule has 1 unspecified atom stereocenters. The number of nitrogens with zero attached hydrogens (tertiary/aromatic N) is 1. The summed E-state index contributed by atoms with van der Waals surface area (Å²) in [6, 6.07) is 6.60. The number of rotatable bonds is 2. The van der Waals surface area contributed by atoms with Crippen LogP contribution in [-0.2, 0) is 11.2 Å². The van der Waals surface area contributed by atoms with Crippen molar-refractivity contribution in [2.24, 2.45) is 0 Å². The molecule has 0 aromatic heterocycles. The quantitative estimate of drug-likeness (QED) is 0.787. The Morgan fingerprint density at radius 3 is 3.06 bits per heavy atom. The number of halogens is 1. The molecule has 1 aromatic carbocycles. The molecule has 1 saturated heterocycles. The maximum atomic E-state index is 6.12. The summed E-state index contributed by atoms with van der Waals surface area (Å²) < 4.78 is 5.52. The number of likely N-dealkylation sites (N-methyl/N-ethyl adjacent to an activating group) is 1. The Morgan fingerprint density at radius 2 is 2.31 bits per heavy atom. The van der Waals surface area contributed by atoms with Crippen molar-refractivity contribution in [3.63, 3.8) is 0 Å². The number of benzene rings is 1. The maximum Gasteiger partial charge on any atom is 0.0625 e. The molecule has 0 aliphatic carbocycles. The number of hydrogen-bond acceptors (Lipinski definition) is 2. The normalized spacial score (nSPS) is 22.3. The van der Waals surface area contributed by atoms with Gasteiger partial charge in [-0.2, -0.15) is 0 Å². The van der Waals surface area contributed by atoms with Crippen LogP contribution in [0.4, 0.5) is 0 Å². The van der Waals surface area contributed by atoms with E-state index in [2.05, 4.69) is 24.9 Å². The number of hydrogen-bond donors (Lipinski definition) is 0. The molecule has 0 radical (unpaired) electrons. The van der Waals surface area contributed by atoms with Crippen LogP contribution >= 0.6 is 11.6 Å². The van der Waals surface area contributed by atoms with E-state index in [0.29, 0.717) is 6.04 Å². The van der Waals surface area contributed by atoms with Crippen LogP contribution in [0.15, 0.2) is 18.2 Å². The highest BCUT2D eigenvalue weighted by Gasteiger charge is 2.20. The van der Waals surface area contributed by atoms with E-state index in [-0.39, 0.29) is 0 Å². The summed E-state index contributed by atoms with van der Waals surface area (Å²) in [6.45, 7) is 4.77. The van der Waals surface area contributed by atoms with Gasteiger partial charge in [-0.15, -0.1) is 0 Å². The van der Waals surface area contributed by atoms with Crippen molar-refractivity contribution >= 4 is 11.6 Å². The van der Waals surface area contributed by atoms with Gasteiger partial charge in [0.2, 0.25) is 0 Å². The van der Waals surface area contributed by atoms with Crippen LogP contribution in [0.3, 0.4) is 0 Å². The lowest BCUT2D eigenvalue weighted by Gasteiger charge is -2.32. The van der Waals surface area contributed by atoms with E-state index in [0.717, 1.165) is 31.2 Å². The standard InChI is InChI=1S/C13H18ClNO/c1-10-11(4-3-5-13(10)14)8-12-9-16-7-6-15(12)2/h3-5,12H,6-9H2,1-2H3. The lowest BCUT2D eigenvalue weighted by atomic mass is 10.0. The van der Waals surface area contributed by atoms with Crippen LogP contribution in [0.5, 0.6) is 0 Å². The molecular formula is C13H18ClNO. The van der Waals surface area contributed by atoms with Gasteiger partial charge in [0.1, 0.15) is 0 Å². The van der Waals surface area contributed by atoms with E-state index in [1.165, 1.54) is 11.1 Å². The minimum atomic E-state index is 0.478. The van der Waals surface area contributed by atoms with Gasteiger partial charge in [0, 0.05) is 17.6 Å². The minimum absolute atomic E-state index is 0.478. The second-order valence-electron chi connectivity index (χ2n) is 4.44. The van der Waals surface area contributed by atoms with E-state index in [1.54, 1.807) is 0 Å². The van der Waals surface area contributed by atoms with Gasteiger partial charge in [0.05, 0.1) is 13.2 Å². The van der Waals surface area contributed by atoms with Gasteiger partial charge in [0.15, 0.2) is 0 Å². The lowest BCUT2D eigenvalue weighted by molar-refractivity contribution is 0.00620. The van der Waals surface area contributed by atoms with Crippen molar-refractivity contribution in [1.29, 1.82) is 0 Å². The fourth-order valence-corrected chi connectivity index (χ4v) is 2.27. The molecule has 0 N–H and O–H groups in total. The Hall–Kier alpha value is -0.570. The molecule has 1 heterocycles. The van der Waals surface area contributed by atoms with E-state index in [9.17, 15) is 0 Å². The average molecular weight is 240 g/mol. The molecule has 88 valence electrons. The van der Waals surface area contributed by atoms with Crippen LogP contribution in [0, 0.1) is 6.92 Å². The van der Waals surface area contributed by atoms with Crippen molar-refractivity contribution in [2.45, 2.75) is 19.4 Å². The largest absolute Gasteiger partial charge is 0.378 e. The first-order valence-electron chi connectivity index (χ1n) is 5.70. The molecule has 1 fully saturated rings. The van der Waals surface area contributed by atoms with Crippen LogP contribution in [0.1, 0.15) is 11.1 Å². The highest BCUT2D eigenvalue weighted by molar-refractivity contribution is 6.31. The second-order valence-corrected chi connectivity index (χ2v) is 4.84. The zero-order valence-corrected chi connectivity index (χ0v) is 10.6. The molecule has 2 nitrogen and oxygen atoms in total. The summed E-state index contributed by atoms with van der Waals surface area (Å²) in [4.78, 5) is 2.36. The van der Waals surface area contributed by atoms with E-state index < -0.39 is 0 Å². The van der Waals surface area contributed by atoms with Crippen LogP contribution in [0.25, 0.3) is 0 Å². The molecule has 0 amide bonds. The molecule has 0 spiro atoms. The fraction of sp³-hybridized carbons (Fsp3) is 0.538. The highest BCUT2D eigenvalue weighted by atomic mass is 35.5.